The number of hydrogen-bond acceptors (Lipinski definition) is 2. The second-order valence-corrected chi connectivity index (χ2v) is 17.2. The molecule has 274 valence electrons. The van der Waals surface area contributed by atoms with Crippen LogP contribution in [-0.2, 0) is 5.41 Å². The fourth-order valence-corrected chi connectivity index (χ4v) is 10.9. The number of thiophene rings is 1. The van der Waals surface area contributed by atoms with Crippen molar-refractivity contribution in [3.05, 3.63) is 205 Å². The zero-order chi connectivity index (χ0) is 38.5. The highest BCUT2D eigenvalue weighted by Gasteiger charge is 2.35. The fourth-order valence-electron chi connectivity index (χ4n) is 9.74. The van der Waals surface area contributed by atoms with Gasteiger partial charge in [-0.3, -0.25) is 0 Å². The number of nitrogens with zero attached hydrogens (tertiary/aromatic N) is 2. The quantitative estimate of drug-likeness (QED) is 0.170. The highest BCUT2D eigenvalue weighted by Crippen LogP contribution is 2.51. The van der Waals surface area contributed by atoms with Gasteiger partial charge in [-0.15, -0.1) is 11.3 Å². The minimum atomic E-state index is -0.0967. The van der Waals surface area contributed by atoms with Gasteiger partial charge in [0.2, 0.25) is 0 Å². The van der Waals surface area contributed by atoms with Crippen LogP contribution in [-0.4, -0.2) is 4.57 Å². The predicted octanol–water partition coefficient (Wildman–Crippen LogP) is 15.7. The molecule has 0 saturated heterocycles. The SMILES string of the molecule is CC1(C)c2ccccc2-c2ccc(N(c3ccc(-c4ccccc4)cc3)c3ccc4c(c3)sc3cc(-n5c6ccccc6c6ccc7ccccc7c65)ccc34)cc21. The summed E-state index contributed by atoms with van der Waals surface area (Å²) < 4.78 is 5.03. The van der Waals surface area contributed by atoms with Gasteiger partial charge in [0.25, 0.3) is 0 Å². The van der Waals surface area contributed by atoms with Crippen molar-refractivity contribution < 1.29 is 0 Å². The van der Waals surface area contributed by atoms with Crippen LogP contribution in [0.5, 0.6) is 0 Å². The lowest BCUT2D eigenvalue weighted by molar-refractivity contribution is 0.660. The van der Waals surface area contributed by atoms with Gasteiger partial charge in [0, 0.05) is 64.5 Å². The van der Waals surface area contributed by atoms with Gasteiger partial charge >= 0.3 is 0 Å². The van der Waals surface area contributed by atoms with Gasteiger partial charge in [-0.2, -0.15) is 0 Å². The normalized spacial score (nSPS) is 13.1. The van der Waals surface area contributed by atoms with Gasteiger partial charge in [-0.05, 0) is 93.4 Å². The monoisotopic (exact) mass is 758 g/mol. The number of anilines is 3. The number of aromatic nitrogens is 1. The molecule has 2 heterocycles. The second-order valence-electron chi connectivity index (χ2n) is 16.1. The molecule has 0 radical (unpaired) electrons. The number of hydrogen-bond donors (Lipinski definition) is 0. The van der Waals surface area contributed by atoms with Crippen molar-refractivity contribution in [2.24, 2.45) is 0 Å². The van der Waals surface area contributed by atoms with Crippen molar-refractivity contribution >= 4 is 81.1 Å². The Morgan fingerprint density at radius 1 is 0.431 bits per heavy atom. The molecule has 2 nitrogen and oxygen atoms in total. The number of fused-ring (bicyclic) bond motifs is 11. The summed E-state index contributed by atoms with van der Waals surface area (Å²) >= 11 is 1.88. The van der Waals surface area contributed by atoms with E-state index in [9.17, 15) is 0 Å². The highest BCUT2D eigenvalue weighted by atomic mass is 32.1. The lowest BCUT2D eigenvalue weighted by Gasteiger charge is -2.28. The van der Waals surface area contributed by atoms with E-state index >= 15 is 0 Å². The van der Waals surface area contributed by atoms with Gasteiger partial charge in [0.1, 0.15) is 0 Å². The molecule has 0 amide bonds. The molecule has 2 aromatic heterocycles. The maximum absolute atomic E-state index is 2.47. The molecule has 0 fully saturated rings. The standard InChI is InChI=1S/C55H38N2S/c1-55(2)49-18-10-8-16-43(49)44-29-25-39(32-50(44)55)56(38-23-20-36(21-24-38)35-12-4-3-5-13-35)40-26-30-46-47-31-27-41(34-53(47)58-52(46)33-40)57-51-19-11-9-17-45(51)48-28-22-37-14-6-7-15-42(37)54(48)57/h3-34H,1-2H3. The Kier molecular flexibility index (Phi) is 7.18. The minimum absolute atomic E-state index is 0.0967. The number of para-hydroxylation sites is 1. The third kappa shape index (κ3) is 4.90. The molecule has 3 heteroatoms. The Balaban J connectivity index is 1.02. The summed E-state index contributed by atoms with van der Waals surface area (Å²) in [6, 6.07) is 71.8. The zero-order valence-corrected chi connectivity index (χ0v) is 33.1. The first-order valence-electron chi connectivity index (χ1n) is 20.1. The van der Waals surface area contributed by atoms with Crippen molar-refractivity contribution in [2.45, 2.75) is 19.3 Å². The lowest BCUT2D eigenvalue weighted by Crippen LogP contribution is -2.16. The van der Waals surface area contributed by atoms with E-state index in [1.54, 1.807) is 0 Å². The average molecular weight is 759 g/mol. The summed E-state index contributed by atoms with van der Waals surface area (Å²) in [5.74, 6) is 0. The van der Waals surface area contributed by atoms with E-state index in [-0.39, 0.29) is 5.41 Å². The summed E-state index contributed by atoms with van der Waals surface area (Å²) in [6.45, 7) is 4.72. The molecule has 1 aliphatic carbocycles. The van der Waals surface area contributed by atoms with E-state index in [1.165, 1.54) is 91.8 Å². The molecule has 0 saturated carbocycles. The molecule has 0 aliphatic heterocycles. The van der Waals surface area contributed by atoms with E-state index in [2.05, 4.69) is 217 Å². The Morgan fingerprint density at radius 3 is 1.91 bits per heavy atom. The largest absolute Gasteiger partial charge is 0.310 e. The molecule has 0 unspecified atom stereocenters. The van der Waals surface area contributed by atoms with Gasteiger partial charge < -0.3 is 9.47 Å². The van der Waals surface area contributed by atoms with E-state index in [4.69, 9.17) is 0 Å². The first kappa shape index (κ1) is 33.2. The van der Waals surface area contributed by atoms with Crippen molar-refractivity contribution in [3.63, 3.8) is 0 Å². The summed E-state index contributed by atoms with van der Waals surface area (Å²) in [5, 5.41) is 7.66. The summed E-state index contributed by atoms with van der Waals surface area (Å²) in [6.07, 6.45) is 0. The van der Waals surface area contributed by atoms with Crippen LogP contribution in [0.25, 0.3) is 80.7 Å². The lowest BCUT2D eigenvalue weighted by atomic mass is 9.82. The first-order valence-corrected chi connectivity index (χ1v) is 20.9. The molecule has 9 aromatic carbocycles. The molecular formula is C55H38N2S. The van der Waals surface area contributed by atoms with Crippen LogP contribution in [0.4, 0.5) is 17.1 Å². The van der Waals surface area contributed by atoms with Gasteiger partial charge in [0.05, 0.1) is 11.0 Å². The van der Waals surface area contributed by atoms with Crippen molar-refractivity contribution in [1.82, 2.24) is 4.57 Å². The summed E-state index contributed by atoms with van der Waals surface area (Å²) in [4.78, 5) is 2.44. The van der Waals surface area contributed by atoms with Crippen LogP contribution in [0.3, 0.4) is 0 Å². The minimum Gasteiger partial charge on any atom is -0.310 e. The van der Waals surface area contributed by atoms with Crippen LogP contribution < -0.4 is 4.90 Å². The summed E-state index contributed by atoms with van der Waals surface area (Å²) in [5.41, 5.74) is 14.9. The Morgan fingerprint density at radius 2 is 1.05 bits per heavy atom. The van der Waals surface area contributed by atoms with Crippen molar-refractivity contribution in [1.29, 1.82) is 0 Å². The zero-order valence-electron chi connectivity index (χ0n) is 32.3. The molecular weight excluding hydrogens is 721 g/mol. The van der Waals surface area contributed by atoms with E-state index < -0.39 is 0 Å². The van der Waals surface area contributed by atoms with Crippen LogP contribution in [0.15, 0.2) is 194 Å². The maximum atomic E-state index is 2.47. The number of benzene rings is 9. The molecule has 1 aliphatic rings. The first-order chi connectivity index (χ1) is 28.5. The Bertz CT molecular complexity index is 3420. The van der Waals surface area contributed by atoms with Crippen LogP contribution in [0.2, 0.25) is 0 Å². The van der Waals surface area contributed by atoms with E-state index in [0.29, 0.717) is 0 Å². The van der Waals surface area contributed by atoms with Crippen LogP contribution >= 0.6 is 11.3 Å². The summed E-state index contributed by atoms with van der Waals surface area (Å²) in [7, 11) is 0. The van der Waals surface area contributed by atoms with Crippen LogP contribution in [0.1, 0.15) is 25.0 Å². The van der Waals surface area contributed by atoms with Gasteiger partial charge in [-0.1, -0.05) is 153 Å². The Hall–Kier alpha value is -6.94. The highest BCUT2D eigenvalue weighted by molar-refractivity contribution is 7.25. The fraction of sp³-hybridized carbons (Fsp3) is 0.0545. The smallest absolute Gasteiger partial charge is 0.0619 e. The third-order valence-corrected chi connectivity index (χ3v) is 13.7. The molecule has 0 bridgehead atoms. The number of rotatable bonds is 5. The van der Waals surface area contributed by atoms with E-state index in [0.717, 1.165) is 17.1 Å². The molecule has 11 aromatic rings. The molecule has 0 N–H and O–H groups in total. The topological polar surface area (TPSA) is 8.17 Å². The Labute approximate surface area is 341 Å². The van der Waals surface area contributed by atoms with Crippen LogP contribution in [0, 0.1) is 0 Å². The molecule has 58 heavy (non-hydrogen) atoms. The van der Waals surface area contributed by atoms with Crippen molar-refractivity contribution in [3.8, 4) is 27.9 Å². The van der Waals surface area contributed by atoms with Gasteiger partial charge in [0.15, 0.2) is 0 Å². The van der Waals surface area contributed by atoms with Gasteiger partial charge in [-0.25, -0.2) is 0 Å². The third-order valence-electron chi connectivity index (χ3n) is 12.6. The molecule has 0 spiro atoms. The predicted molar refractivity (Wildman–Crippen MR) is 249 cm³/mol. The second kappa shape index (κ2) is 12.5. The average Bonchev–Trinajstić information content (AvgIpc) is 3.89. The molecule has 0 atom stereocenters. The van der Waals surface area contributed by atoms with Crippen molar-refractivity contribution in [2.75, 3.05) is 4.90 Å². The maximum Gasteiger partial charge on any atom is 0.0619 e. The van der Waals surface area contributed by atoms with E-state index in [1.807, 2.05) is 11.3 Å². The molecule has 12 rings (SSSR count).